The molecule has 2 aromatic heterocycles. The largest absolute Gasteiger partial charge is 0.256 e. The Hall–Kier alpha value is -6.00. The zero-order valence-electron chi connectivity index (χ0n) is 23.8. The highest BCUT2D eigenvalue weighted by atomic mass is 15.0. The highest BCUT2D eigenvalue weighted by Crippen LogP contribution is 2.44. The lowest BCUT2D eigenvalue weighted by Crippen LogP contribution is -2.00. The topological polar surface area (TPSA) is 51.6 Å². The van der Waals surface area contributed by atoms with E-state index < -0.39 is 0 Å². The van der Waals surface area contributed by atoms with Gasteiger partial charge in [-0.3, -0.25) is 4.98 Å². The lowest BCUT2D eigenvalue weighted by Gasteiger charge is -2.18. The fourth-order valence-corrected chi connectivity index (χ4v) is 5.94. The van der Waals surface area contributed by atoms with Crippen LogP contribution in [0.2, 0.25) is 0 Å². The summed E-state index contributed by atoms with van der Waals surface area (Å²) in [5.74, 6) is 1.94. The van der Waals surface area contributed by atoms with E-state index in [0.717, 1.165) is 39.1 Å². The van der Waals surface area contributed by atoms with Crippen LogP contribution in [0.5, 0.6) is 0 Å². The van der Waals surface area contributed by atoms with Crippen LogP contribution in [0.15, 0.2) is 158 Å². The van der Waals surface area contributed by atoms with Gasteiger partial charge in [0.25, 0.3) is 0 Å². The Morgan fingerprint density at radius 2 is 0.705 bits per heavy atom. The number of fused-ring (bicyclic) bond motifs is 3. The van der Waals surface area contributed by atoms with E-state index in [2.05, 4.69) is 84.9 Å². The van der Waals surface area contributed by atoms with Crippen molar-refractivity contribution < 1.29 is 0 Å². The number of aromatic nitrogens is 4. The van der Waals surface area contributed by atoms with Crippen LogP contribution in [0.25, 0.3) is 78.1 Å². The fourth-order valence-electron chi connectivity index (χ4n) is 5.94. The molecule has 0 aliphatic carbocycles. The van der Waals surface area contributed by atoms with Crippen LogP contribution in [0.4, 0.5) is 0 Å². The normalized spacial score (nSPS) is 11.2. The third-order valence-corrected chi connectivity index (χ3v) is 7.99. The van der Waals surface area contributed by atoms with Crippen LogP contribution in [0.1, 0.15) is 0 Å². The van der Waals surface area contributed by atoms with Gasteiger partial charge < -0.3 is 0 Å². The average Bonchev–Trinajstić information content (AvgIpc) is 3.12. The molecule has 0 unspecified atom stereocenters. The Balaban J connectivity index is 1.32. The Labute approximate surface area is 255 Å². The van der Waals surface area contributed by atoms with Crippen molar-refractivity contribution >= 4 is 21.5 Å². The summed E-state index contributed by atoms with van der Waals surface area (Å²) in [7, 11) is 0. The summed E-state index contributed by atoms with van der Waals surface area (Å²) >= 11 is 0. The van der Waals surface area contributed by atoms with Gasteiger partial charge in [-0.1, -0.05) is 140 Å². The number of hydrogen-bond acceptors (Lipinski definition) is 4. The van der Waals surface area contributed by atoms with Gasteiger partial charge in [0.05, 0.1) is 5.69 Å². The van der Waals surface area contributed by atoms with E-state index in [0.29, 0.717) is 17.5 Å². The maximum absolute atomic E-state index is 4.93. The fraction of sp³-hybridized carbons (Fsp3) is 0. The van der Waals surface area contributed by atoms with Crippen LogP contribution < -0.4 is 0 Å². The first kappa shape index (κ1) is 25.7. The predicted molar refractivity (Wildman–Crippen MR) is 180 cm³/mol. The van der Waals surface area contributed by atoms with Crippen molar-refractivity contribution in [2.24, 2.45) is 0 Å². The van der Waals surface area contributed by atoms with E-state index in [1.165, 1.54) is 21.5 Å². The Morgan fingerprint density at radius 3 is 1.20 bits per heavy atom. The molecule has 206 valence electrons. The minimum absolute atomic E-state index is 0.637. The molecule has 4 nitrogen and oxygen atoms in total. The van der Waals surface area contributed by atoms with Gasteiger partial charge in [0, 0.05) is 28.5 Å². The van der Waals surface area contributed by atoms with E-state index >= 15 is 0 Å². The molecular formula is C40H26N4. The molecule has 0 bridgehead atoms. The maximum Gasteiger partial charge on any atom is 0.164 e. The standard InChI is InChI=1S/C40H26N4/c1-3-13-28(14-4-1)38-42-39(29-15-5-2-6-16-29)44-40(43-38)30-24-22-27(23-25-30)36-33-19-9-7-17-31(33)32-18-8-10-20-34(32)37(36)35-21-11-12-26-41-35/h1-26H. The van der Waals surface area contributed by atoms with Gasteiger partial charge >= 0.3 is 0 Å². The smallest absolute Gasteiger partial charge is 0.164 e. The summed E-state index contributed by atoms with van der Waals surface area (Å²) in [6.45, 7) is 0. The molecule has 0 N–H and O–H groups in total. The van der Waals surface area contributed by atoms with Crippen LogP contribution in [-0.4, -0.2) is 19.9 Å². The van der Waals surface area contributed by atoms with Gasteiger partial charge in [-0.05, 0) is 44.8 Å². The van der Waals surface area contributed by atoms with E-state index in [9.17, 15) is 0 Å². The molecule has 0 saturated heterocycles. The van der Waals surface area contributed by atoms with Gasteiger partial charge in [0.1, 0.15) is 0 Å². The van der Waals surface area contributed by atoms with Crippen LogP contribution >= 0.6 is 0 Å². The molecule has 0 fully saturated rings. The number of pyridine rings is 1. The van der Waals surface area contributed by atoms with Gasteiger partial charge in [-0.25, -0.2) is 15.0 Å². The third-order valence-electron chi connectivity index (χ3n) is 7.99. The molecule has 44 heavy (non-hydrogen) atoms. The Morgan fingerprint density at radius 1 is 0.295 bits per heavy atom. The lowest BCUT2D eigenvalue weighted by atomic mass is 9.86. The van der Waals surface area contributed by atoms with Gasteiger partial charge in [0.2, 0.25) is 0 Å². The lowest BCUT2D eigenvalue weighted by molar-refractivity contribution is 1.07. The summed E-state index contributed by atoms with van der Waals surface area (Å²) < 4.78 is 0. The van der Waals surface area contributed by atoms with Crippen molar-refractivity contribution in [2.75, 3.05) is 0 Å². The van der Waals surface area contributed by atoms with Gasteiger partial charge in [-0.2, -0.15) is 0 Å². The molecule has 2 heterocycles. The van der Waals surface area contributed by atoms with E-state index in [-0.39, 0.29) is 0 Å². The second-order valence-corrected chi connectivity index (χ2v) is 10.7. The van der Waals surface area contributed by atoms with E-state index in [1.54, 1.807) is 0 Å². The Bertz CT molecular complexity index is 2190. The molecule has 0 aliphatic heterocycles. The second-order valence-electron chi connectivity index (χ2n) is 10.7. The van der Waals surface area contributed by atoms with Crippen molar-refractivity contribution in [1.29, 1.82) is 0 Å². The molecule has 4 heteroatoms. The minimum atomic E-state index is 0.637. The zero-order chi connectivity index (χ0) is 29.3. The molecule has 8 aromatic rings. The molecule has 0 atom stereocenters. The summed E-state index contributed by atoms with van der Waals surface area (Å²) in [4.78, 5) is 19.5. The number of hydrogen-bond donors (Lipinski definition) is 0. The monoisotopic (exact) mass is 562 g/mol. The van der Waals surface area contributed by atoms with Crippen molar-refractivity contribution in [3.8, 4) is 56.5 Å². The molecule has 6 aromatic carbocycles. The molecular weight excluding hydrogens is 536 g/mol. The summed E-state index contributed by atoms with van der Waals surface area (Å²) in [6, 6.07) is 52.0. The molecule has 0 spiro atoms. The molecule has 0 saturated carbocycles. The van der Waals surface area contributed by atoms with Crippen LogP contribution in [-0.2, 0) is 0 Å². The zero-order valence-corrected chi connectivity index (χ0v) is 23.8. The minimum Gasteiger partial charge on any atom is -0.256 e. The van der Waals surface area contributed by atoms with Crippen molar-refractivity contribution in [3.05, 3.63) is 158 Å². The SMILES string of the molecule is c1ccc(-c2nc(-c3ccccc3)nc(-c3ccc(-c4c(-c5ccccn5)c5ccccc5c5ccccc45)cc3)n2)cc1. The number of nitrogens with zero attached hydrogens (tertiary/aromatic N) is 4. The van der Waals surface area contributed by atoms with Crippen molar-refractivity contribution in [2.45, 2.75) is 0 Å². The van der Waals surface area contributed by atoms with Crippen molar-refractivity contribution in [1.82, 2.24) is 19.9 Å². The third kappa shape index (κ3) is 4.59. The van der Waals surface area contributed by atoms with Gasteiger partial charge in [0.15, 0.2) is 17.5 Å². The second kappa shape index (κ2) is 11.0. The number of rotatable bonds is 5. The predicted octanol–water partition coefficient (Wildman–Crippen LogP) is 9.91. The first-order valence-corrected chi connectivity index (χ1v) is 14.7. The first-order valence-electron chi connectivity index (χ1n) is 14.7. The molecule has 0 radical (unpaired) electrons. The summed E-state index contributed by atoms with van der Waals surface area (Å²) in [6.07, 6.45) is 1.86. The summed E-state index contributed by atoms with van der Waals surface area (Å²) in [5, 5.41) is 4.81. The summed E-state index contributed by atoms with van der Waals surface area (Å²) in [5.41, 5.74) is 7.18. The van der Waals surface area contributed by atoms with Crippen LogP contribution in [0, 0.1) is 0 Å². The average molecular weight is 563 g/mol. The van der Waals surface area contributed by atoms with Crippen LogP contribution in [0.3, 0.4) is 0 Å². The molecule has 0 aliphatic rings. The van der Waals surface area contributed by atoms with E-state index in [1.807, 2.05) is 72.9 Å². The molecule has 0 amide bonds. The van der Waals surface area contributed by atoms with Gasteiger partial charge in [-0.15, -0.1) is 0 Å². The number of benzene rings is 6. The van der Waals surface area contributed by atoms with Crippen molar-refractivity contribution in [3.63, 3.8) is 0 Å². The first-order chi connectivity index (χ1) is 21.8. The quantitative estimate of drug-likeness (QED) is 0.196. The Kier molecular flexibility index (Phi) is 6.43. The highest BCUT2D eigenvalue weighted by molar-refractivity contribution is 6.21. The highest BCUT2D eigenvalue weighted by Gasteiger charge is 2.19. The maximum atomic E-state index is 4.93. The van der Waals surface area contributed by atoms with E-state index in [4.69, 9.17) is 19.9 Å². The molecule has 8 rings (SSSR count).